The molecule has 0 atom stereocenters. The number of carbonyl (C=O) groups excluding carboxylic acids is 2. The number of nitrogens with one attached hydrogen (secondary N) is 3. The van der Waals surface area contributed by atoms with Gasteiger partial charge in [0.15, 0.2) is 0 Å². The maximum absolute atomic E-state index is 12.4. The first-order valence-corrected chi connectivity index (χ1v) is 9.65. The van der Waals surface area contributed by atoms with Crippen LogP contribution in [0.25, 0.3) is 0 Å². The number of urea groups is 1. The maximum atomic E-state index is 12.4. The third kappa shape index (κ3) is 5.69. The molecule has 29 heavy (non-hydrogen) atoms. The summed E-state index contributed by atoms with van der Waals surface area (Å²) in [6.07, 6.45) is 2.90. The number of piperidine rings is 1. The number of aromatic nitrogens is 1. The Morgan fingerprint density at radius 3 is 2.59 bits per heavy atom. The zero-order valence-electron chi connectivity index (χ0n) is 16.1. The van der Waals surface area contributed by atoms with Crippen molar-refractivity contribution >= 4 is 23.4 Å². The first-order valence-electron chi connectivity index (χ1n) is 9.65. The molecule has 8 nitrogen and oxygen atoms in total. The van der Waals surface area contributed by atoms with Crippen LogP contribution in [0, 0.1) is 17.2 Å². The van der Waals surface area contributed by atoms with Crippen LogP contribution in [0.3, 0.4) is 0 Å². The Labute approximate surface area is 169 Å². The van der Waals surface area contributed by atoms with Crippen LogP contribution in [0.4, 0.5) is 16.3 Å². The van der Waals surface area contributed by atoms with E-state index in [1.165, 1.54) is 0 Å². The van der Waals surface area contributed by atoms with Gasteiger partial charge >= 0.3 is 6.03 Å². The SMILES string of the molecule is N#Cc1cccnc1NCCNC(=O)N1CCC(C(=O)Nc2ccccc2)CC1. The van der Waals surface area contributed by atoms with Crippen molar-refractivity contribution in [3.63, 3.8) is 0 Å². The van der Waals surface area contributed by atoms with Gasteiger partial charge in [-0.15, -0.1) is 0 Å². The highest BCUT2D eigenvalue weighted by Gasteiger charge is 2.27. The van der Waals surface area contributed by atoms with Crippen molar-refractivity contribution in [3.05, 3.63) is 54.2 Å². The van der Waals surface area contributed by atoms with Gasteiger partial charge in [0.05, 0.1) is 5.56 Å². The molecule has 0 spiro atoms. The van der Waals surface area contributed by atoms with Gasteiger partial charge in [-0.1, -0.05) is 18.2 Å². The van der Waals surface area contributed by atoms with Crippen LogP contribution < -0.4 is 16.0 Å². The van der Waals surface area contributed by atoms with Crippen molar-refractivity contribution in [1.82, 2.24) is 15.2 Å². The van der Waals surface area contributed by atoms with Crippen LogP contribution in [-0.2, 0) is 4.79 Å². The molecule has 8 heteroatoms. The lowest BCUT2D eigenvalue weighted by atomic mass is 9.96. The summed E-state index contributed by atoms with van der Waals surface area (Å²) in [5, 5.41) is 17.9. The smallest absolute Gasteiger partial charge is 0.317 e. The summed E-state index contributed by atoms with van der Waals surface area (Å²) in [4.78, 5) is 30.5. The summed E-state index contributed by atoms with van der Waals surface area (Å²) >= 11 is 0. The van der Waals surface area contributed by atoms with E-state index in [4.69, 9.17) is 5.26 Å². The number of benzene rings is 1. The summed E-state index contributed by atoms with van der Waals surface area (Å²) < 4.78 is 0. The van der Waals surface area contributed by atoms with Crippen molar-refractivity contribution in [1.29, 1.82) is 5.26 Å². The van der Waals surface area contributed by atoms with Crippen molar-refractivity contribution in [3.8, 4) is 6.07 Å². The quantitative estimate of drug-likeness (QED) is 0.654. The molecule has 1 fully saturated rings. The molecule has 1 aromatic carbocycles. The van der Waals surface area contributed by atoms with Gasteiger partial charge in [0.25, 0.3) is 0 Å². The first kappa shape index (κ1) is 20.1. The van der Waals surface area contributed by atoms with Crippen molar-refractivity contribution in [2.45, 2.75) is 12.8 Å². The van der Waals surface area contributed by atoms with E-state index < -0.39 is 0 Å². The second-order valence-corrected chi connectivity index (χ2v) is 6.79. The average Bonchev–Trinajstić information content (AvgIpc) is 2.77. The Hall–Kier alpha value is -3.60. The number of nitriles is 1. The van der Waals surface area contributed by atoms with E-state index in [0.717, 1.165) is 5.69 Å². The number of carbonyl (C=O) groups is 2. The van der Waals surface area contributed by atoms with E-state index in [1.54, 1.807) is 23.2 Å². The molecule has 1 aliphatic rings. The third-order valence-corrected chi connectivity index (χ3v) is 4.82. The molecule has 3 rings (SSSR count). The number of pyridine rings is 1. The molecule has 1 aromatic heterocycles. The van der Waals surface area contributed by atoms with Gasteiger partial charge < -0.3 is 20.9 Å². The molecule has 1 aliphatic heterocycles. The minimum absolute atomic E-state index is 0.00381. The molecule has 3 N–H and O–H groups in total. The fourth-order valence-corrected chi connectivity index (χ4v) is 3.21. The molecule has 2 aromatic rings. The van der Waals surface area contributed by atoms with Crippen molar-refractivity contribution in [2.75, 3.05) is 36.8 Å². The fourth-order valence-electron chi connectivity index (χ4n) is 3.21. The second kappa shape index (κ2) is 10.1. The second-order valence-electron chi connectivity index (χ2n) is 6.79. The van der Waals surface area contributed by atoms with Gasteiger partial charge in [-0.25, -0.2) is 9.78 Å². The summed E-state index contributed by atoms with van der Waals surface area (Å²) in [6.45, 7) is 1.97. The standard InChI is InChI=1S/C21H24N6O2/c22-15-17-5-4-10-23-19(17)24-11-12-25-21(29)27-13-8-16(9-14-27)20(28)26-18-6-2-1-3-7-18/h1-7,10,16H,8-9,11-14H2,(H,23,24)(H,25,29)(H,26,28). The largest absolute Gasteiger partial charge is 0.367 e. The Balaban J connectivity index is 1.36. The highest BCUT2D eigenvalue weighted by Crippen LogP contribution is 2.19. The van der Waals surface area contributed by atoms with Crippen LogP contribution >= 0.6 is 0 Å². The predicted molar refractivity (Wildman–Crippen MR) is 110 cm³/mol. The minimum Gasteiger partial charge on any atom is -0.367 e. The van der Waals surface area contributed by atoms with Crippen LogP contribution in [0.2, 0.25) is 0 Å². The molecule has 0 unspecified atom stereocenters. The van der Waals surface area contributed by atoms with E-state index in [0.29, 0.717) is 50.4 Å². The van der Waals surface area contributed by atoms with E-state index in [2.05, 4.69) is 27.0 Å². The summed E-state index contributed by atoms with van der Waals surface area (Å²) in [7, 11) is 0. The molecule has 0 radical (unpaired) electrons. The van der Waals surface area contributed by atoms with Gasteiger partial charge in [-0.3, -0.25) is 4.79 Å². The lowest BCUT2D eigenvalue weighted by Gasteiger charge is -2.31. The van der Waals surface area contributed by atoms with Crippen LogP contribution in [0.1, 0.15) is 18.4 Å². The zero-order chi connectivity index (χ0) is 20.5. The normalized spacial score (nSPS) is 14.0. The van der Waals surface area contributed by atoms with Crippen molar-refractivity contribution < 1.29 is 9.59 Å². The van der Waals surface area contributed by atoms with E-state index >= 15 is 0 Å². The Morgan fingerprint density at radius 2 is 1.86 bits per heavy atom. The monoisotopic (exact) mass is 392 g/mol. The maximum Gasteiger partial charge on any atom is 0.317 e. The van der Waals surface area contributed by atoms with Gasteiger partial charge in [0.2, 0.25) is 5.91 Å². The van der Waals surface area contributed by atoms with Crippen LogP contribution in [-0.4, -0.2) is 48.0 Å². The third-order valence-electron chi connectivity index (χ3n) is 4.82. The predicted octanol–water partition coefficient (Wildman–Crippen LogP) is 2.43. The topological polar surface area (TPSA) is 110 Å². The number of para-hydroxylation sites is 1. The molecule has 0 saturated carbocycles. The van der Waals surface area contributed by atoms with Crippen molar-refractivity contribution in [2.24, 2.45) is 5.92 Å². The molecule has 0 aliphatic carbocycles. The lowest BCUT2D eigenvalue weighted by Crippen LogP contribution is -2.47. The Bertz CT molecular complexity index is 872. The first-order chi connectivity index (χ1) is 14.2. The molecular weight excluding hydrogens is 368 g/mol. The number of likely N-dealkylation sites (tertiary alicyclic amines) is 1. The van der Waals surface area contributed by atoms with Gasteiger partial charge in [-0.2, -0.15) is 5.26 Å². The van der Waals surface area contributed by atoms with E-state index in [-0.39, 0.29) is 17.9 Å². The highest BCUT2D eigenvalue weighted by atomic mass is 16.2. The number of rotatable bonds is 6. The van der Waals surface area contributed by atoms with Gasteiger partial charge in [0, 0.05) is 44.0 Å². The van der Waals surface area contributed by atoms with Gasteiger partial charge in [-0.05, 0) is 37.1 Å². The molecule has 1 saturated heterocycles. The molecule has 2 heterocycles. The average molecular weight is 392 g/mol. The number of hydrogen-bond donors (Lipinski definition) is 3. The Morgan fingerprint density at radius 1 is 1.10 bits per heavy atom. The van der Waals surface area contributed by atoms with E-state index in [9.17, 15) is 9.59 Å². The number of hydrogen-bond acceptors (Lipinski definition) is 5. The zero-order valence-corrected chi connectivity index (χ0v) is 16.1. The molecule has 150 valence electrons. The number of amides is 3. The fraction of sp³-hybridized carbons (Fsp3) is 0.333. The minimum atomic E-state index is -0.143. The highest BCUT2D eigenvalue weighted by molar-refractivity contribution is 5.92. The number of nitrogens with zero attached hydrogens (tertiary/aromatic N) is 3. The Kier molecular flexibility index (Phi) is 7.00. The summed E-state index contributed by atoms with van der Waals surface area (Å²) in [6, 6.07) is 14.7. The molecule has 3 amide bonds. The van der Waals surface area contributed by atoms with Crippen LogP contribution in [0.15, 0.2) is 48.7 Å². The molecular formula is C21H24N6O2. The summed E-state index contributed by atoms with van der Waals surface area (Å²) in [5.41, 5.74) is 1.26. The summed E-state index contributed by atoms with van der Waals surface area (Å²) in [5.74, 6) is 0.424. The van der Waals surface area contributed by atoms with Crippen LogP contribution in [0.5, 0.6) is 0 Å². The number of anilines is 2. The lowest BCUT2D eigenvalue weighted by molar-refractivity contribution is -0.121. The van der Waals surface area contributed by atoms with E-state index in [1.807, 2.05) is 30.3 Å². The molecule has 0 bridgehead atoms. The van der Waals surface area contributed by atoms with Gasteiger partial charge in [0.1, 0.15) is 11.9 Å².